The van der Waals surface area contributed by atoms with Crippen molar-refractivity contribution in [2.45, 2.75) is 76.3 Å². The van der Waals surface area contributed by atoms with E-state index >= 15 is 0 Å². The maximum Gasteiger partial charge on any atom is 0.217 e. The van der Waals surface area contributed by atoms with Crippen LogP contribution in [0.15, 0.2) is 35.9 Å². The average Bonchev–Trinajstić information content (AvgIpc) is 2.97. The second-order valence-corrected chi connectivity index (χ2v) is 9.73. The number of carbonyl (C=O) groups is 1. The van der Waals surface area contributed by atoms with Gasteiger partial charge in [-0.3, -0.25) is 9.69 Å². The largest absolute Gasteiger partial charge is 0.349 e. The minimum atomic E-state index is 0.0870. The van der Waals surface area contributed by atoms with Crippen LogP contribution in [0.2, 0.25) is 0 Å². The summed E-state index contributed by atoms with van der Waals surface area (Å²) in [6, 6.07) is 9.71. The Morgan fingerprint density at radius 2 is 2.04 bits per heavy atom. The lowest BCUT2D eigenvalue weighted by Gasteiger charge is -2.49. The zero-order valence-corrected chi connectivity index (χ0v) is 17.4. The Labute approximate surface area is 169 Å². The molecule has 3 heteroatoms. The molecule has 0 bridgehead atoms. The van der Waals surface area contributed by atoms with Gasteiger partial charge in [0.25, 0.3) is 0 Å². The van der Waals surface area contributed by atoms with E-state index in [2.05, 4.69) is 47.5 Å². The standard InChI is InChI=1S/C25H34N2O/c1-3-18-14-19-8-9-20(19)15-24(18)27-12-10-25(11-13-27)16-23(26-17(2)28)21-6-4-5-7-22(21)25/h4-7,15,18-19,23-24H,3,8-14,16H2,1-2H3,(H,26,28)/t18?,19?,23-,24?/m0/s1. The molecule has 1 heterocycles. The summed E-state index contributed by atoms with van der Waals surface area (Å²) in [6.45, 7) is 6.41. The van der Waals surface area contributed by atoms with Gasteiger partial charge < -0.3 is 5.32 Å². The SMILES string of the molecule is CCC1CC2CCC2=CC1N1CCC2(CC1)C[C@H](NC(C)=O)c1ccccc12. The second kappa shape index (κ2) is 7.02. The summed E-state index contributed by atoms with van der Waals surface area (Å²) in [6.07, 6.45) is 11.7. The molecule has 1 aliphatic heterocycles. The fourth-order valence-corrected chi connectivity index (χ4v) is 6.67. The summed E-state index contributed by atoms with van der Waals surface area (Å²) in [5.74, 6) is 1.84. The summed E-state index contributed by atoms with van der Waals surface area (Å²) >= 11 is 0. The molecule has 150 valence electrons. The minimum Gasteiger partial charge on any atom is -0.349 e. The van der Waals surface area contributed by atoms with Crippen molar-refractivity contribution in [1.29, 1.82) is 0 Å². The Kier molecular flexibility index (Phi) is 4.62. The number of hydrogen-bond donors (Lipinski definition) is 1. The van der Waals surface area contributed by atoms with E-state index in [1.165, 1.54) is 62.7 Å². The van der Waals surface area contributed by atoms with E-state index in [1.807, 2.05) is 0 Å². The molecular formula is C25H34N2O. The van der Waals surface area contributed by atoms with Gasteiger partial charge in [0, 0.05) is 18.4 Å². The van der Waals surface area contributed by atoms with Gasteiger partial charge >= 0.3 is 0 Å². The first kappa shape index (κ1) is 18.4. The van der Waals surface area contributed by atoms with Crippen LogP contribution >= 0.6 is 0 Å². The normalized spacial score (nSPS) is 33.6. The van der Waals surface area contributed by atoms with Crippen molar-refractivity contribution >= 4 is 5.91 Å². The van der Waals surface area contributed by atoms with Crippen LogP contribution < -0.4 is 5.32 Å². The van der Waals surface area contributed by atoms with Crippen LogP contribution in [0.25, 0.3) is 0 Å². The molecule has 1 aromatic carbocycles. The van der Waals surface area contributed by atoms with Crippen LogP contribution in [0.3, 0.4) is 0 Å². The lowest BCUT2D eigenvalue weighted by atomic mass is 9.66. The molecule has 4 aliphatic rings. The monoisotopic (exact) mass is 378 g/mol. The Morgan fingerprint density at radius 3 is 2.71 bits per heavy atom. The highest BCUT2D eigenvalue weighted by Gasteiger charge is 2.47. The van der Waals surface area contributed by atoms with Crippen LogP contribution in [0.5, 0.6) is 0 Å². The third kappa shape index (κ3) is 2.94. The Hall–Kier alpha value is -1.61. The molecule has 1 aromatic rings. The van der Waals surface area contributed by atoms with Crippen LogP contribution in [0.4, 0.5) is 0 Å². The van der Waals surface area contributed by atoms with Crippen molar-refractivity contribution < 1.29 is 4.79 Å². The summed E-state index contributed by atoms with van der Waals surface area (Å²) < 4.78 is 0. The van der Waals surface area contributed by atoms with Crippen molar-refractivity contribution in [2.24, 2.45) is 11.8 Å². The number of nitrogens with zero attached hydrogens (tertiary/aromatic N) is 1. The van der Waals surface area contributed by atoms with Crippen LogP contribution in [-0.2, 0) is 10.2 Å². The van der Waals surface area contributed by atoms with E-state index in [-0.39, 0.29) is 17.4 Å². The Balaban J connectivity index is 1.35. The molecule has 0 radical (unpaired) electrons. The molecule has 1 amide bonds. The third-order valence-corrected chi connectivity index (χ3v) is 8.34. The average molecular weight is 379 g/mol. The Bertz CT molecular complexity index is 789. The molecule has 1 spiro atoms. The molecule has 1 N–H and O–H groups in total. The zero-order chi connectivity index (χ0) is 19.3. The number of rotatable bonds is 3. The fourth-order valence-electron chi connectivity index (χ4n) is 6.67. The number of benzene rings is 1. The van der Waals surface area contributed by atoms with Crippen LogP contribution in [0.1, 0.15) is 76.0 Å². The van der Waals surface area contributed by atoms with Gasteiger partial charge in [0.05, 0.1) is 6.04 Å². The molecule has 2 fully saturated rings. The maximum atomic E-state index is 11.7. The number of fused-ring (bicyclic) bond motifs is 3. The number of likely N-dealkylation sites (tertiary alicyclic amines) is 1. The highest BCUT2D eigenvalue weighted by atomic mass is 16.1. The first-order chi connectivity index (χ1) is 13.6. The summed E-state index contributed by atoms with van der Waals surface area (Å²) in [5.41, 5.74) is 4.87. The topological polar surface area (TPSA) is 32.3 Å². The van der Waals surface area contributed by atoms with E-state index in [1.54, 1.807) is 12.5 Å². The van der Waals surface area contributed by atoms with Crippen molar-refractivity contribution in [3.63, 3.8) is 0 Å². The van der Waals surface area contributed by atoms with Crippen molar-refractivity contribution in [3.8, 4) is 0 Å². The van der Waals surface area contributed by atoms with Crippen LogP contribution in [-0.4, -0.2) is 29.9 Å². The molecule has 0 aromatic heterocycles. The molecule has 3 nitrogen and oxygen atoms in total. The van der Waals surface area contributed by atoms with Gasteiger partial charge in [-0.05, 0) is 74.6 Å². The number of nitrogens with one attached hydrogen (secondary N) is 1. The lowest BCUT2D eigenvalue weighted by molar-refractivity contribution is -0.119. The van der Waals surface area contributed by atoms with Crippen molar-refractivity contribution in [3.05, 3.63) is 47.0 Å². The van der Waals surface area contributed by atoms with Gasteiger partial charge in [-0.15, -0.1) is 0 Å². The number of allylic oxidation sites excluding steroid dienone is 1. The molecule has 4 atom stereocenters. The predicted octanol–water partition coefficient (Wildman–Crippen LogP) is 4.74. The van der Waals surface area contributed by atoms with E-state index in [0.29, 0.717) is 6.04 Å². The highest BCUT2D eigenvalue weighted by Crippen LogP contribution is 2.52. The second-order valence-electron chi connectivity index (χ2n) is 9.73. The van der Waals surface area contributed by atoms with E-state index in [4.69, 9.17) is 0 Å². The number of hydrogen-bond acceptors (Lipinski definition) is 2. The highest BCUT2D eigenvalue weighted by molar-refractivity contribution is 5.73. The minimum absolute atomic E-state index is 0.0870. The van der Waals surface area contributed by atoms with Gasteiger partial charge in [-0.25, -0.2) is 0 Å². The molecule has 28 heavy (non-hydrogen) atoms. The quantitative estimate of drug-likeness (QED) is 0.771. The fraction of sp³-hybridized carbons (Fsp3) is 0.640. The predicted molar refractivity (Wildman–Crippen MR) is 113 cm³/mol. The van der Waals surface area contributed by atoms with Gasteiger partial charge in [0.15, 0.2) is 0 Å². The van der Waals surface area contributed by atoms with E-state index in [0.717, 1.165) is 18.3 Å². The van der Waals surface area contributed by atoms with E-state index < -0.39 is 0 Å². The number of amides is 1. The van der Waals surface area contributed by atoms with Crippen LogP contribution in [0, 0.1) is 11.8 Å². The summed E-state index contributed by atoms with van der Waals surface area (Å²) in [7, 11) is 0. The number of carbonyl (C=O) groups excluding carboxylic acids is 1. The lowest BCUT2D eigenvalue weighted by Crippen LogP contribution is -2.50. The first-order valence-electron chi connectivity index (χ1n) is 11.4. The van der Waals surface area contributed by atoms with Gasteiger partial charge in [0.2, 0.25) is 5.91 Å². The van der Waals surface area contributed by atoms with Gasteiger partial charge in [-0.1, -0.05) is 49.3 Å². The first-order valence-corrected chi connectivity index (χ1v) is 11.4. The van der Waals surface area contributed by atoms with Crippen molar-refractivity contribution in [1.82, 2.24) is 10.2 Å². The van der Waals surface area contributed by atoms with Crippen molar-refractivity contribution in [2.75, 3.05) is 13.1 Å². The molecule has 3 unspecified atom stereocenters. The molecule has 5 rings (SSSR count). The molecule has 1 saturated heterocycles. The molecule has 3 aliphatic carbocycles. The van der Waals surface area contributed by atoms with E-state index in [9.17, 15) is 4.79 Å². The number of piperidine rings is 1. The summed E-state index contributed by atoms with van der Waals surface area (Å²) in [4.78, 5) is 14.5. The van der Waals surface area contributed by atoms with Gasteiger partial charge in [0.1, 0.15) is 0 Å². The third-order valence-electron chi connectivity index (χ3n) is 8.34. The summed E-state index contributed by atoms with van der Waals surface area (Å²) in [5, 5.41) is 3.22. The zero-order valence-electron chi connectivity index (χ0n) is 17.4. The molecule has 1 saturated carbocycles. The maximum absolute atomic E-state index is 11.7. The Morgan fingerprint density at radius 1 is 1.25 bits per heavy atom. The van der Waals surface area contributed by atoms with Gasteiger partial charge in [-0.2, -0.15) is 0 Å². The molecular weight excluding hydrogens is 344 g/mol. The smallest absolute Gasteiger partial charge is 0.217 e.